The van der Waals surface area contributed by atoms with E-state index in [2.05, 4.69) is 274 Å². The molecule has 0 saturated carbocycles. The molecule has 7 aromatic rings. The fraction of sp³-hybridized carbons (Fsp3) is 0.400. The van der Waals surface area contributed by atoms with Gasteiger partial charge in [0, 0.05) is 25.8 Å². The minimum atomic E-state index is -1.14. The van der Waals surface area contributed by atoms with Crippen LogP contribution in [-0.4, -0.2) is 21.3 Å². The van der Waals surface area contributed by atoms with E-state index in [1.54, 1.807) is 0 Å². The zero-order valence-electron chi connectivity index (χ0n) is 48.8. The standard InChI is InChI=1S/C70H85BrO3/c1-44-38-46(3)60(41-58(44)68(72-19,54-30-22-50(23-31-54)64(7,8)9)55-32-24-51(25-33-55)65(10,11)12)70(74-21,62-43-63(71)49(6)40-48(62)5)61-42-59(45(2)39-47(61)4)69(73-20,56-34-26-52(27-35-56)66(13,14)15)57-36-28-53(29-37-57)67(16,17)18/h22-43H,1-21H3. The van der Waals surface area contributed by atoms with Crippen molar-refractivity contribution in [1.82, 2.24) is 0 Å². The van der Waals surface area contributed by atoms with Crippen LogP contribution in [-0.2, 0) is 52.7 Å². The van der Waals surface area contributed by atoms with Gasteiger partial charge in [-0.3, -0.25) is 0 Å². The van der Waals surface area contributed by atoms with Crippen LogP contribution < -0.4 is 0 Å². The number of methoxy groups -OCH3 is 3. The fourth-order valence-electron chi connectivity index (χ4n) is 11.7. The molecule has 0 fully saturated rings. The van der Waals surface area contributed by atoms with Gasteiger partial charge in [0.15, 0.2) is 0 Å². The van der Waals surface area contributed by atoms with Gasteiger partial charge in [0.25, 0.3) is 0 Å². The normalized spacial score (nSPS) is 13.2. The third kappa shape index (κ3) is 10.1. The molecule has 0 spiro atoms. The first-order valence-corrected chi connectivity index (χ1v) is 27.3. The Morgan fingerprint density at radius 2 is 0.446 bits per heavy atom. The highest BCUT2D eigenvalue weighted by molar-refractivity contribution is 9.10. The highest BCUT2D eigenvalue weighted by Gasteiger charge is 2.47. The summed E-state index contributed by atoms with van der Waals surface area (Å²) >= 11 is 4.03. The lowest BCUT2D eigenvalue weighted by Gasteiger charge is -2.42. The molecule has 0 heterocycles. The lowest BCUT2D eigenvalue weighted by atomic mass is 9.69. The minimum Gasteiger partial charge on any atom is -0.364 e. The maximum atomic E-state index is 7.45. The molecular formula is C70H85BrO3. The Morgan fingerprint density at radius 1 is 0.257 bits per heavy atom. The minimum absolute atomic E-state index is 0.0231. The number of ether oxygens (including phenoxy) is 3. The Balaban J connectivity index is 1.64. The molecule has 7 rings (SSSR count). The van der Waals surface area contributed by atoms with Crippen LogP contribution in [0.1, 0.15) is 189 Å². The summed E-state index contributed by atoms with van der Waals surface area (Å²) in [4.78, 5) is 0. The summed E-state index contributed by atoms with van der Waals surface area (Å²) in [6, 6.07) is 50.4. The van der Waals surface area contributed by atoms with Gasteiger partial charge >= 0.3 is 0 Å². The van der Waals surface area contributed by atoms with Gasteiger partial charge < -0.3 is 14.2 Å². The molecule has 0 aliphatic carbocycles. The van der Waals surface area contributed by atoms with Gasteiger partial charge in [0.1, 0.15) is 16.8 Å². The lowest BCUT2D eigenvalue weighted by Crippen LogP contribution is -2.38. The van der Waals surface area contributed by atoms with Crippen molar-refractivity contribution in [2.75, 3.05) is 21.3 Å². The van der Waals surface area contributed by atoms with Crippen LogP contribution in [0.2, 0.25) is 0 Å². The molecule has 0 unspecified atom stereocenters. The second-order valence-corrected chi connectivity index (χ2v) is 26.2. The molecule has 3 nitrogen and oxygen atoms in total. The molecule has 0 atom stereocenters. The topological polar surface area (TPSA) is 27.7 Å². The van der Waals surface area contributed by atoms with Gasteiger partial charge in [0.2, 0.25) is 0 Å². The van der Waals surface area contributed by atoms with Crippen molar-refractivity contribution in [1.29, 1.82) is 0 Å². The van der Waals surface area contributed by atoms with E-state index in [0.717, 1.165) is 87.9 Å². The predicted molar refractivity (Wildman–Crippen MR) is 317 cm³/mol. The van der Waals surface area contributed by atoms with E-state index in [0.29, 0.717) is 0 Å². The van der Waals surface area contributed by atoms with Crippen LogP contribution in [0, 0.1) is 41.5 Å². The largest absolute Gasteiger partial charge is 0.364 e. The van der Waals surface area contributed by atoms with E-state index in [1.807, 2.05) is 21.3 Å². The molecule has 0 aliphatic rings. The van der Waals surface area contributed by atoms with Crippen LogP contribution in [0.15, 0.2) is 138 Å². The second-order valence-electron chi connectivity index (χ2n) is 25.3. The maximum Gasteiger partial charge on any atom is 0.144 e. The molecule has 0 radical (unpaired) electrons. The summed E-state index contributed by atoms with van der Waals surface area (Å²) in [5, 5.41) is 0. The predicted octanol–water partition coefficient (Wildman–Crippen LogP) is 18.3. The summed E-state index contributed by atoms with van der Waals surface area (Å²) in [6.45, 7) is 40.5. The van der Waals surface area contributed by atoms with Crippen LogP contribution in [0.3, 0.4) is 0 Å². The van der Waals surface area contributed by atoms with Crippen molar-refractivity contribution in [2.24, 2.45) is 0 Å². The number of rotatable bonds is 12. The maximum absolute atomic E-state index is 7.45. The summed E-state index contributed by atoms with van der Waals surface area (Å²) in [5.41, 5.74) is 18.0. The molecule has 0 N–H and O–H groups in total. The molecule has 390 valence electrons. The van der Waals surface area contributed by atoms with Crippen molar-refractivity contribution in [3.63, 3.8) is 0 Å². The number of hydrogen-bond acceptors (Lipinski definition) is 3. The Bertz CT molecular complexity index is 2830. The second kappa shape index (κ2) is 20.5. The zero-order valence-corrected chi connectivity index (χ0v) is 50.4. The van der Waals surface area contributed by atoms with Gasteiger partial charge in [-0.05, 0) is 187 Å². The van der Waals surface area contributed by atoms with E-state index in [-0.39, 0.29) is 21.7 Å². The van der Waals surface area contributed by atoms with Gasteiger partial charge in [-0.1, -0.05) is 214 Å². The Kier molecular flexibility index (Phi) is 15.6. The van der Waals surface area contributed by atoms with E-state index in [9.17, 15) is 0 Å². The average molecular weight is 1050 g/mol. The summed E-state index contributed by atoms with van der Waals surface area (Å²) in [7, 11) is 5.61. The first-order chi connectivity index (χ1) is 34.4. The molecule has 0 aromatic heterocycles. The molecule has 4 heteroatoms. The third-order valence-electron chi connectivity index (χ3n) is 16.1. The zero-order chi connectivity index (χ0) is 54.7. The van der Waals surface area contributed by atoms with Gasteiger partial charge in [-0.25, -0.2) is 0 Å². The SMILES string of the molecule is COC(c1ccc(C(C)(C)C)cc1)(c1ccc(C(C)(C)C)cc1)c1cc(C(OC)(c2cc(Br)c(C)cc2C)c2cc(C(OC)(c3ccc(C(C)(C)C)cc3)c3ccc(C(C)(C)C)cc3)c(C)cc2C)c(C)cc1C. The molecule has 0 bridgehead atoms. The fourth-order valence-corrected chi connectivity index (χ4v) is 12.0. The number of halogens is 1. The van der Waals surface area contributed by atoms with Crippen molar-refractivity contribution >= 4 is 15.9 Å². The van der Waals surface area contributed by atoms with Crippen LogP contribution >= 0.6 is 15.9 Å². The molecule has 0 amide bonds. The molecule has 0 aliphatic heterocycles. The van der Waals surface area contributed by atoms with Crippen molar-refractivity contribution in [2.45, 2.75) is 163 Å². The number of hydrogen-bond donors (Lipinski definition) is 0. The highest BCUT2D eigenvalue weighted by Crippen LogP contribution is 2.52. The van der Waals surface area contributed by atoms with Crippen LogP contribution in [0.5, 0.6) is 0 Å². The average Bonchev–Trinajstić information content (AvgIpc) is 3.33. The number of aryl methyl sites for hydroxylation is 6. The first-order valence-electron chi connectivity index (χ1n) is 26.5. The molecule has 0 saturated heterocycles. The molecule has 7 aromatic carbocycles. The molecule has 74 heavy (non-hydrogen) atoms. The Morgan fingerprint density at radius 3 is 0.662 bits per heavy atom. The van der Waals surface area contributed by atoms with Crippen molar-refractivity contribution in [3.05, 3.63) is 244 Å². The van der Waals surface area contributed by atoms with Crippen molar-refractivity contribution < 1.29 is 14.2 Å². The Labute approximate surface area is 455 Å². The van der Waals surface area contributed by atoms with Crippen LogP contribution in [0.25, 0.3) is 0 Å². The highest BCUT2D eigenvalue weighted by atomic mass is 79.9. The van der Waals surface area contributed by atoms with E-state index in [1.165, 1.54) is 22.3 Å². The van der Waals surface area contributed by atoms with E-state index < -0.39 is 16.8 Å². The summed E-state index contributed by atoms with van der Waals surface area (Å²) < 4.78 is 22.8. The Hall–Kier alpha value is -5.10. The monoisotopic (exact) mass is 1050 g/mol. The number of benzene rings is 7. The first kappa shape index (κ1) is 56.6. The lowest BCUT2D eigenvalue weighted by molar-refractivity contribution is 0.0490. The van der Waals surface area contributed by atoms with Crippen LogP contribution in [0.4, 0.5) is 0 Å². The smallest absolute Gasteiger partial charge is 0.144 e. The van der Waals surface area contributed by atoms with Crippen molar-refractivity contribution in [3.8, 4) is 0 Å². The van der Waals surface area contributed by atoms with Gasteiger partial charge in [-0.15, -0.1) is 0 Å². The van der Waals surface area contributed by atoms with Gasteiger partial charge in [-0.2, -0.15) is 0 Å². The van der Waals surface area contributed by atoms with Gasteiger partial charge in [0.05, 0.1) is 0 Å². The quantitative estimate of drug-likeness (QED) is 0.114. The summed E-state index contributed by atoms with van der Waals surface area (Å²) in [6.07, 6.45) is 0. The summed E-state index contributed by atoms with van der Waals surface area (Å²) in [5.74, 6) is 0. The molecular weight excluding hydrogens is 969 g/mol. The van der Waals surface area contributed by atoms with E-state index in [4.69, 9.17) is 14.2 Å². The third-order valence-corrected chi connectivity index (χ3v) is 16.9. The van der Waals surface area contributed by atoms with E-state index >= 15 is 0 Å².